The van der Waals surface area contributed by atoms with Crippen LogP contribution in [-0.2, 0) is 23.7 Å². The van der Waals surface area contributed by atoms with E-state index in [0.717, 1.165) is 16.2 Å². The van der Waals surface area contributed by atoms with Crippen LogP contribution in [-0.4, -0.2) is 14.4 Å². The molecular formula is C36H35Cl2NRu. The molecule has 0 unspecified atom stereocenters. The Morgan fingerprint density at radius 2 is 1.35 bits per heavy atom. The van der Waals surface area contributed by atoms with Gasteiger partial charge in [-0.1, -0.05) is 0 Å². The first-order valence-corrected chi connectivity index (χ1v) is 20.1. The van der Waals surface area contributed by atoms with E-state index in [1.165, 1.54) is 44.6 Å². The van der Waals surface area contributed by atoms with Gasteiger partial charge in [0, 0.05) is 0 Å². The topological polar surface area (TPSA) is 3.24 Å². The van der Waals surface area contributed by atoms with Crippen LogP contribution >= 0.6 is 19.4 Å². The molecular weight excluding hydrogens is 618 g/mol. The van der Waals surface area contributed by atoms with Gasteiger partial charge in [-0.3, -0.25) is 0 Å². The molecule has 0 radical (unpaired) electrons. The molecule has 0 saturated carbocycles. The van der Waals surface area contributed by atoms with Crippen LogP contribution in [0.4, 0.5) is 5.69 Å². The number of halogens is 2. The van der Waals surface area contributed by atoms with Gasteiger partial charge in [0.15, 0.2) is 0 Å². The van der Waals surface area contributed by atoms with Crippen molar-refractivity contribution in [3.05, 3.63) is 148 Å². The minimum atomic E-state index is -3.76. The maximum atomic E-state index is 7.88. The molecule has 0 aromatic heterocycles. The SMILES string of the molecule is Cc1cc(C)c(N2[C](=[Ru]([Cl])([Cl])=[CH]c3ccccc3)[C@]3(c4ccccc4)C(=CCc4ccccc43)C2(C)C)c(C)c1. The molecule has 1 aliphatic carbocycles. The van der Waals surface area contributed by atoms with Gasteiger partial charge >= 0.3 is 250 Å². The summed E-state index contributed by atoms with van der Waals surface area (Å²) in [5.74, 6) is 0. The monoisotopic (exact) mass is 653 g/mol. The zero-order valence-electron chi connectivity index (χ0n) is 23.7. The molecule has 4 aromatic carbocycles. The van der Waals surface area contributed by atoms with Gasteiger partial charge in [-0.15, -0.1) is 0 Å². The van der Waals surface area contributed by atoms with Gasteiger partial charge in [0.25, 0.3) is 0 Å². The molecule has 0 N–H and O–H groups in total. The summed E-state index contributed by atoms with van der Waals surface area (Å²) in [6, 6.07) is 34.7. The average molecular weight is 654 g/mol. The van der Waals surface area contributed by atoms with Crippen LogP contribution in [0.2, 0.25) is 0 Å². The molecule has 0 amide bonds. The molecule has 6 rings (SSSR count). The Kier molecular flexibility index (Phi) is 6.90. The van der Waals surface area contributed by atoms with E-state index in [2.05, 4.69) is 141 Å². The van der Waals surface area contributed by atoms with Gasteiger partial charge in [-0.2, -0.15) is 0 Å². The molecule has 1 aliphatic heterocycles. The summed E-state index contributed by atoms with van der Waals surface area (Å²) in [4.78, 5) is 2.55. The van der Waals surface area contributed by atoms with Crippen LogP contribution in [0.3, 0.4) is 0 Å². The Morgan fingerprint density at radius 3 is 2.00 bits per heavy atom. The van der Waals surface area contributed by atoms with E-state index in [-0.39, 0.29) is 5.54 Å². The van der Waals surface area contributed by atoms with Gasteiger partial charge in [0.2, 0.25) is 0 Å². The average Bonchev–Trinajstić information content (AvgIpc) is 3.14. The second-order valence-electron chi connectivity index (χ2n) is 11.5. The molecule has 1 nitrogen and oxygen atoms in total. The molecule has 1 heterocycles. The van der Waals surface area contributed by atoms with Crippen LogP contribution in [0.5, 0.6) is 0 Å². The Labute approximate surface area is 249 Å². The molecule has 0 spiro atoms. The van der Waals surface area contributed by atoms with Crippen molar-refractivity contribution in [2.45, 2.75) is 52.0 Å². The van der Waals surface area contributed by atoms with Crippen LogP contribution in [0.1, 0.15) is 52.8 Å². The Bertz CT molecular complexity index is 1750. The molecule has 1 atom stereocenters. The molecule has 1 saturated heterocycles. The summed E-state index contributed by atoms with van der Waals surface area (Å²) < 4.78 is 3.31. The first kappa shape index (κ1) is 27.5. The van der Waals surface area contributed by atoms with Gasteiger partial charge in [-0.05, 0) is 0 Å². The fourth-order valence-electron chi connectivity index (χ4n) is 7.04. The van der Waals surface area contributed by atoms with Crippen LogP contribution in [0.15, 0.2) is 109 Å². The van der Waals surface area contributed by atoms with E-state index < -0.39 is 17.3 Å². The fourth-order valence-corrected chi connectivity index (χ4v) is 14.1. The van der Waals surface area contributed by atoms with E-state index in [1.54, 1.807) is 0 Å². The zero-order chi connectivity index (χ0) is 28.3. The summed E-state index contributed by atoms with van der Waals surface area (Å²) in [5, 5.41) is 0. The van der Waals surface area contributed by atoms with Crippen LogP contribution in [0, 0.1) is 20.8 Å². The Balaban J connectivity index is 1.87. The molecule has 40 heavy (non-hydrogen) atoms. The van der Waals surface area contributed by atoms with E-state index >= 15 is 0 Å². The number of nitrogens with zero attached hydrogens (tertiary/aromatic N) is 1. The number of hydrogen-bond donors (Lipinski definition) is 0. The summed E-state index contributed by atoms with van der Waals surface area (Å²) in [6.07, 6.45) is 3.35. The standard InChI is InChI=1S/C29H29N.C7H6.2ClH.Ru/c1-20-17-21(2)27(22(3)18-20)30-19-29(24-12-7-6-8-13-24)25-14-10-9-11-23(25)15-16-26(29)28(30,4)5;1-7-5-3-2-4-6-7;;;/h6-14,16-18H,15H2,1-5H3;1-6H;2*1H;/q;;;;+2/p-2/t29-;;;;/m1..../s1. The third-order valence-electron chi connectivity index (χ3n) is 8.40. The third-order valence-corrected chi connectivity index (χ3v) is 14.2. The van der Waals surface area contributed by atoms with Crippen molar-refractivity contribution in [2.75, 3.05) is 4.90 Å². The van der Waals surface area contributed by atoms with Crippen molar-refractivity contribution >= 4 is 33.9 Å². The fraction of sp³-hybridized carbons (Fsp3) is 0.222. The van der Waals surface area contributed by atoms with E-state index in [0.29, 0.717) is 0 Å². The number of allylic oxidation sites excluding steroid dienone is 1. The number of anilines is 1. The number of rotatable bonds is 3. The quantitative estimate of drug-likeness (QED) is 0.158. The van der Waals surface area contributed by atoms with Crippen molar-refractivity contribution in [1.82, 2.24) is 0 Å². The minimum absolute atomic E-state index is 0.371. The first-order chi connectivity index (χ1) is 19.1. The Hall–Kier alpha value is -2.64. The summed E-state index contributed by atoms with van der Waals surface area (Å²) >= 11 is -3.76. The number of fused-ring (bicyclic) bond motifs is 3. The van der Waals surface area contributed by atoms with Crippen LogP contribution in [0.25, 0.3) is 0 Å². The zero-order valence-corrected chi connectivity index (χ0v) is 26.9. The van der Waals surface area contributed by atoms with Gasteiger partial charge in [0.05, 0.1) is 0 Å². The first-order valence-electron chi connectivity index (χ1n) is 13.7. The van der Waals surface area contributed by atoms with Crippen molar-refractivity contribution in [2.24, 2.45) is 0 Å². The van der Waals surface area contributed by atoms with Crippen LogP contribution < -0.4 is 4.90 Å². The normalized spacial score (nSPS) is 20.0. The number of hydrogen-bond acceptors (Lipinski definition) is 1. The summed E-state index contributed by atoms with van der Waals surface area (Å²) in [6.45, 7) is 11.3. The van der Waals surface area contributed by atoms with Crippen molar-refractivity contribution in [3.8, 4) is 0 Å². The second kappa shape index (κ2) is 10.0. The predicted octanol–water partition coefficient (Wildman–Crippen LogP) is 9.12. The van der Waals surface area contributed by atoms with E-state index in [4.69, 9.17) is 19.4 Å². The van der Waals surface area contributed by atoms with Gasteiger partial charge in [-0.25, -0.2) is 0 Å². The number of aryl methyl sites for hydroxylation is 3. The second-order valence-corrected chi connectivity index (χ2v) is 20.8. The van der Waals surface area contributed by atoms with E-state index in [9.17, 15) is 0 Å². The maximum absolute atomic E-state index is 7.88. The van der Waals surface area contributed by atoms with Gasteiger partial charge < -0.3 is 0 Å². The van der Waals surface area contributed by atoms with E-state index in [1.807, 2.05) is 6.07 Å². The van der Waals surface area contributed by atoms with Crippen molar-refractivity contribution < 1.29 is 11.9 Å². The molecule has 4 heteroatoms. The van der Waals surface area contributed by atoms with Crippen molar-refractivity contribution in [3.63, 3.8) is 0 Å². The predicted molar refractivity (Wildman–Crippen MR) is 171 cm³/mol. The molecule has 1 fully saturated rings. The summed E-state index contributed by atoms with van der Waals surface area (Å²) in [7, 11) is 15.8. The third kappa shape index (κ3) is 4.15. The summed E-state index contributed by atoms with van der Waals surface area (Å²) in [5.41, 5.74) is 10.2. The Morgan fingerprint density at radius 1 is 0.775 bits per heavy atom. The van der Waals surface area contributed by atoms with Crippen molar-refractivity contribution in [1.29, 1.82) is 0 Å². The molecule has 0 bridgehead atoms. The molecule has 206 valence electrons. The van der Waals surface area contributed by atoms with Gasteiger partial charge in [0.1, 0.15) is 0 Å². The molecule has 2 aliphatic rings. The molecule has 4 aromatic rings. The number of benzene rings is 4.